The van der Waals surface area contributed by atoms with E-state index in [1.54, 1.807) is 42.6 Å². The van der Waals surface area contributed by atoms with Crippen LogP contribution in [0.15, 0.2) is 83.6 Å². The van der Waals surface area contributed by atoms with Gasteiger partial charge in [-0.2, -0.15) is 5.10 Å². The van der Waals surface area contributed by atoms with Gasteiger partial charge < -0.3 is 15.1 Å². The molecule has 0 spiro atoms. The quantitative estimate of drug-likeness (QED) is 0.463. The van der Waals surface area contributed by atoms with Crippen molar-refractivity contribution in [3.63, 3.8) is 0 Å². The Hall–Kier alpha value is -4.13. The average Bonchev–Trinajstić information content (AvgIpc) is 3.46. The van der Waals surface area contributed by atoms with Crippen LogP contribution in [0.25, 0.3) is 0 Å². The first-order chi connectivity index (χ1) is 15.1. The first-order valence-electron chi connectivity index (χ1n) is 9.99. The Morgan fingerprint density at radius 1 is 0.903 bits per heavy atom. The molecule has 0 fully saturated rings. The maximum Gasteiger partial charge on any atom is 0.291 e. The van der Waals surface area contributed by atoms with Gasteiger partial charge in [-0.25, -0.2) is 0 Å². The number of hydrogen-bond donors (Lipinski definition) is 2. The first kappa shape index (κ1) is 20.2. The van der Waals surface area contributed by atoms with Crippen LogP contribution < -0.4 is 10.6 Å². The summed E-state index contributed by atoms with van der Waals surface area (Å²) >= 11 is 0. The summed E-state index contributed by atoms with van der Waals surface area (Å²) in [5.74, 6) is -0.319. The van der Waals surface area contributed by atoms with Gasteiger partial charge in [0.2, 0.25) is 0 Å². The van der Waals surface area contributed by atoms with Crippen LogP contribution in [0.4, 0.5) is 11.4 Å². The van der Waals surface area contributed by atoms with Crippen LogP contribution in [0.3, 0.4) is 0 Å². The predicted octanol–water partition coefficient (Wildman–Crippen LogP) is 4.59. The maximum absolute atomic E-state index is 12.8. The molecular formula is C24H22N4O3. The molecule has 0 aliphatic carbocycles. The topological polar surface area (TPSA) is 89.2 Å². The lowest BCUT2D eigenvalue weighted by molar-refractivity contribution is 0.0994. The summed E-state index contributed by atoms with van der Waals surface area (Å²) in [6.45, 7) is 2.62. The van der Waals surface area contributed by atoms with Gasteiger partial charge in [0, 0.05) is 11.4 Å². The van der Waals surface area contributed by atoms with Crippen LogP contribution in [-0.4, -0.2) is 21.6 Å². The lowest BCUT2D eigenvalue weighted by Crippen LogP contribution is -2.15. The Labute approximate surface area is 179 Å². The molecule has 2 heterocycles. The molecule has 2 N–H and O–H groups in total. The molecule has 0 atom stereocenters. The minimum absolute atomic E-state index is 0.219. The van der Waals surface area contributed by atoms with Crippen molar-refractivity contribution in [1.29, 1.82) is 0 Å². The highest BCUT2D eigenvalue weighted by atomic mass is 16.3. The van der Waals surface area contributed by atoms with Crippen LogP contribution in [0, 0.1) is 0 Å². The SMILES string of the molecule is CCc1c(C(=O)Nc2ccc(NC(=O)c3ccco3)cc2)cnn1Cc1ccccc1. The van der Waals surface area contributed by atoms with Crippen molar-refractivity contribution in [2.75, 3.05) is 10.6 Å². The second-order valence-corrected chi connectivity index (χ2v) is 6.96. The van der Waals surface area contributed by atoms with E-state index in [9.17, 15) is 9.59 Å². The van der Waals surface area contributed by atoms with E-state index in [0.29, 0.717) is 29.9 Å². The second-order valence-electron chi connectivity index (χ2n) is 6.96. The molecule has 2 aromatic heterocycles. The Morgan fingerprint density at radius 2 is 1.58 bits per heavy atom. The number of carbonyl (C=O) groups is 2. The lowest BCUT2D eigenvalue weighted by Gasteiger charge is -2.09. The van der Waals surface area contributed by atoms with E-state index in [2.05, 4.69) is 15.7 Å². The summed E-state index contributed by atoms with van der Waals surface area (Å²) in [5.41, 5.74) is 3.78. The summed E-state index contributed by atoms with van der Waals surface area (Å²) in [5, 5.41) is 10.1. The third kappa shape index (κ3) is 4.72. The molecule has 0 radical (unpaired) electrons. The minimum atomic E-state index is -0.333. The predicted molar refractivity (Wildman–Crippen MR) is 118 cm³/mol. The number of hydrogen-bond acceptors (Lipinski definition) is 4. The summed E-state index contributed by atoms with van der Waals surface area (Å²) in [6.07, 6.45) is 3.74. The fourth-order valence-electron chi connectivity index (χ4n) is 3.30. The van der Waals surface area contributed by atoms with E-state index in [0.717, 1.165) is 11.3 Å². The van der Waals surface area contributed by atoms with Crippen LogP contribution in [0.1, 0.15) is 39.1 Å². The van der Waals surface area contributed by atoms with Crippen molar-refractivity contribution in [3.05, 3.63) is 102 Å². The molecule has 0 aliphatic heterocycles. The first-order valence-corrected chi connectivity index (χ1v) is 9.99. The molecule has 2 aromatic carbocycles. The second kappa shape index (κ2) is 9.13. The Balaban J connectivity index is 1.43. The van der Waals surface area contributed by atoms with E-state index < -0.39 is 0 Å². The molecule has 0 aliphatic rings. The summed E-state index contributed by atoms with van der Waals surface area (Å²) in [4.78, 5) is 24.9. The lowest BCUT2D eigenvalue weighted by atomic mass is 10.1. The number of nitrogens with zero attached hydrogens (tertiary/aromatic N) is 2. The number of aromatic nitrogens is 2. The smallest absolute Gasteiger partial charge is 0.291 e. The molecule has 0 saturated carbocycles. The van der Waals surface area contributed by atoms with Gasteiger partial charge in [-0.15, -0.1) is 0 Å². The van der Waals surface area contributed by atoms with Gasteiger partial charge in [-0.1, -0.05) is 37.3 Å². The largest absolute Gasteiger partial charge is 0.459 e. The highest BCUT2D eigenvalue weighted by molar-refractivity contribution is 6.05. The number of amides is 2. The normalized spacial score (nSPS) is 10.6. The van der Waals surface area contributed by atoms with E-state index in [-0.39, 0.29) is 17.6 Å². The standard InChI is InChI=1S/C24H22N4O3/c1-2-21-20(15-25-28(21)16-17-7-4-3-5-8-17)23(29)26-18-10-12-19(13-11-18)27-24(30)22-9-6-14-31-22/h3-15H,2,16H2,1H3,(H,26,29)(H,27,30). The van der Waals surface area contributed by atoms with Crippen LogP contribution in [0.2, 0.25) is 0 Å². The van der Waals surface area contributed by atoms with Gasteiger partial charge >= 0.3 is 0 Å². The fraction of sp³-hybridized carbons (Fsp3) is 0.125. The molecule has 7 heteroatoms. The number of rotatable bonds is 7. The van der Waals surface area contributed by atoms with Crippen LogP contribution >= 0.6 is 0 Å². The highest BCUT2D eigenvalue weighted by Gasteiger charge is 2.17. The highest BCUT2D eigenvalue weighted by Crippen LogP contribution is 2.18. The Morgan fingerprint density at radius 3 is 2.19 bits per heavy atom. The molecule has 156 valence electrons. The summed E-state index contributed by atoms with van der Waals surface area (Å²) in [7, 11) is 0. The zero-order valence-corrected chi connectivity index (χ0v) is 17.0. The molecule has 4 rings (SSSR count). The van der Waals surface area contributed by atoms with Gasteiger partial charge in [0.1, 0.15) is 0 Å². The van der Waals surface area contributed by atoms with Crippen molar-refractivity contribution >= 4 is 23.2 Å². The van der Waals surface area contributed by atoms with Crippen LogP contribution in [-0.2, 0) is 13.0 Å². The summed E-state index contributed by atoms with van der Waals surface area (Å²) in [6, 6.07) is 20.2. The van der Waals surface area contributed by atoms with Crippen molar-refractivity contribution in [2.24, 2.45) is 0 Å². The zero-order valence-electron chi connectivity index (χ0n) is 17.0. The van der Waals surface area contributed by atoms with Crippen molar-refractivity contribution in [1.82, 2.24) is 9.78 Å². The Bertz CT molecular complexity index is 1160. The molecule has 2 amide bonds. The molecule has 4 aromatic rings. The number of furan rings is 1. The van der Waals surface area contributed by atoms with Gasteiger partial charge in [0.05, 0.1) is 30.3 Å². The van der Waals surface area contributed by atoms with Crippen molar-refractivity contribution in [3.8, 4) is 0 Å². The van der Waals surface area contributed by atoms with E-state index in [1.165, 1.54) is 6.26 Å². The van der Waals surface area contributed by atoms with Gasteiger partial charge in [0.25, 0.3) is 11.8 Å². The number of anilines is 2. The minimum Gasteiger partial charge on any atom is -0.459 e. The zero-order chi connectivity index (χ0) is 21.6. The molecule has 0 unspecified atom stereocenters. The van der Waals surface area contributed by atoms with E-state index in [1.807, 2.05) is 41.9 Å². The van der Waals surface area contributed by atoms with Crippen LogP contribution in [0.5, 0.6) is 0 Å². The van der Waals surface area contributed by atoms with E-state index >= 15 is 0 Å². The average molecular weight is 414 g/mol. The van der Waals surface area contributed by atoms with Gasteiger partial charge in [0.15, 0.2) is 5.76 Å². The third-order valence-corrected chi connectivity index (χ3v) is 4.85. The fourth-order valence-corrected chi connectivity index (χ4v) is 3.30. The molecule has 7 nitrogen and oxygen atoms in total. The number of carbonyl (C=O) groups excluding carboxylic acids is 2. The molecule has 0 bridgehead atoms. The molecular weight excluding hydrogens is 392 g/mol. The Kier molecular flexibility index (Phi) is 5.93. The maximum atomic E-state index is 12.8. The summed E-state index contributed by atoms with van der Waals surface area (Å²) < 4.78 is 6.94. The number of nitrogens with one attached hydrogen (secondary N) is 2. The van der Waals surface area contributed by atoms with Gasteiger partial charge in [-0.05, 0) is 48.4 Å². The third-order valence-electron chi connectivity index (χ3n) is 4.85. The van der Waals surface area contributed by atoms with Gasteiger partial charge in [-0.3, -0.25) is 14.3 Å². The molecule has 0 saturated heterocycles. The molecule has 31 heavy (non-hydrogen) atoms. The van der Waals surface area contributed by atoms with E-state index in [4.69, 9.17) is 4.42 Å². The number of benzene rings is 2. The van der Waals surface area contributed by atoms with Crippen molar-refractivity contribution < 1.29 is 14.0 Å². The van der Waals surface area contributed by atoms with Crippen molar-refractivity contribution in [2.45, 2.75) is 19.9 Å². The monoisotopic (exact) mass is 414 g/mol.